The average Bonchev–Trinajstić information content (AvgIpc) is 2.37. The minimum Gasteiger partial charge on any atom is -0.469 e. The number of thioether (sulfide) groups is 1. The molecule has 0 aliphatic heterocycles. The van der Waals surface area contributed by atoms with Gasteiger partial charge in [-0.3, -0.25) is 4.79 Å². The third-order valence-corrected chi connectivity index (χ3v) is 3.04. The molecule has 0 saturated carbocycles. The first-order valence-corrected chi connectivity index (χ1v) is 6.17. The second kappa shape index (κ2) is 6.30. The minimum absolute atomic E-state index is 0.148. The second-order valence-corrected chi connectivity index (χ2v) is 4.13. The molecule has 1 rings (SSSR count). The van der Waals surface area contributed by atoms with Gasteiger partial charge in [-0.1, -0.05) is 6.07 Å². The van der Waals surface area contributed by atoms with E-state index in [1.165, 1.54) is 26.0 Å². The molecule has 92 valence electrons. The fourth-order valence-corrected chi connectivity index (χ4v) is 1.94. The summed E-state index contributed by atoms with van der Waals surface area (Å²) in [6, 6.07) is 5.26. The van der Waals surface area contributed by atoms with Crippen LogP contribution in [0.15, 0.2) is 23.1 Å². The molecule has 0 spiro atoms. The monoisotopic (exact) mass is 254 g/mol. The first-order valence-electron chi connectivity index (χ1n) is 4.94. The van der Waals surface area contributed by atoms with E-state index in [9.17, 15) is 9.59 Å². The molecule has 0 unspecified atom stereocenters. The highest BCUT2D eigenvalue weighted by atomic mass is 32.2. The summed E-state index contributed by atoms with van der Waals surface area (Å²) in [6.45, 7) is 0. The van der Waals surface area contributed by atoms with Crippen molar-refractivity contribution in [1.82, 2.24) is 0 Å². The molecular formula is C12H14O4S. The van der Waals surface area contributed by atoms with E-state index in [-0.39, 0.29) is 12.4 Å². The van der Waals surface area contributed by atoms with E-state index in [0.29, 0.717) is 5.56 Å². The van der Waals surface area contributed by atoms with Gasteiger partial charge < -0.3 is 9.47 Å². The lowest BCUT2D eigenvalue weighted by Gasteiger charge is -2.07. The van der Waals surface area contributed by atoms with Gasteiger partial charge in [0.2, 0.25) is 0 Å². The summed E-state index contributed by atoms with van der Waals surface area (Å²) < 4.78 is 9.27. The maximum atomic E-state index is 11.5. The van der Waals surface area contributed by atoms with Crippen molar-refractivity contribution >= 4 is 23.7 Å². The molecule has 0 aliphatic rings. The number of carbonyl (C=O) groups excluding carboxylic acids is 2. The highest BCUT2D eigenvalue weighted by Gasteiger charge is 2.13. The molecule has 0 aliphatic carbocycles. The number of rotatable bonds is 4. The predicted molar refractivity (Wildman–Crippen MR) is 65.3 cm³/mol. The quantitative estimate of drug-likeness (QED) is 0.607. The Morgan fingerprint density at radius 2 is 1.94 bits per heavy atom. The number of carbonyl (C=O) groups is 2. The zero-order chi connectivity index (χ0) is 12.8. The van der Waals surface area contributed by atoms with Crippen molar-refractivity contribution in [1.29, 1.82) is 0 Å². The summed E-state index contributed by atoms with van der Waals surface area (Å²) in [4.78, 5) is 23.5. The zero-order valence-electron chi connectivity index (χ0n) is 9.98. The van der Waals surface area contributed by atoms with Gasteiger partial charge in [0, 0.05) is 4.90 Å². The topological polar surface area (TPSA) is 52.6 Å². The van der Waals surface area contributed by atoms with Crippen LogP contribution in [0.5, 0.6) is 0 Å². The summed E-state index contributed by atoms with van der Waals surface area (Å²) in [5, 5.41) is 0. The maximum Gasteiger partial charge on any atom is 0.339 e. The van der Waals surface area contributed by atoms with Crippen molar-refractivity contribution in [2.45, 2.75) is 11.3 Å². The van der Waals surface area contributed by atoms with Gasteiger partial charge in [0.1, 0.15) is 0 Å². The van der Waals surface area contributed by atoms with Crippen LogP contribution in [-0.4, -0.2) is 32.4 Å². The van der Waals surface area contributed by atoms with E-state index in [2.05, 4.69) is 4.74 Å². The number of esters is 2. The molecule has 0 amide bonds. The van der Waals surface area contributed by atoms with E-state index in [0.717, 1.165) is 10.5 Å². The van der Waals surface area contributed by atoms with Gasteiger partial charge in [0.25, 0.3) is 0 Å². The van der Waals surface area contributed by atoms with Crippen LogP contribution in [0, 0.1) is 0 Å². The largest absolute Gasteiger partial charge is 0.469 e. The molecule has 4 nitrogen and oxygen atoms in total. The van der Waals surface area contributed by atoms with Crippen LogP contribution >= 0.6 is 11.8 Å². The molecule has 0 fully saturated rings. The number of hydrogen-bond donors (Lipinski definition) is 0. The van der Waals surface area contributed by atoms with Gasteiger partial charge >= 0.3 is 11.9 Å². The standard InChI is InChI=1S/C12H14O4S/c1-15-11(13)7-8-4-5-10(17-3)9(6-8)12(14)16-2/h4-6H,7H2,1-3H3. The maximum absolute atomic E-state index is 11.5. The van der Waals surface area contributed by atoms with Gasteiger partial charge in [0.15, 0.2) is 0 Å². The van der Waals surface area contributed by atoms with E-state index in [4.69, 9.17) is 4.74 Å². The van der Waals surface area contributed by atoms with E-state index in [1.54, 1.807) is 18.2 Å². The molecule has 0 saturated heterocycles. The number of ether oxygens (including phenoxy) is 2. The second-order valence-electron chi connectivity index (χ2n) is 3.28. The van der Waals surface area contributed by atoms with Gasteiger partial charge in [-0.2, -0.15) is 0 Å². The molecule has 0 N–H and O–H groups in total. The third kappa shape index (κ3) is 3.49. The zero-order valence-corrected chi connectivity index (χ0v) is 10.8. The Balaban J connectivity index is 3.04. The van der Waals surface area contributed by atoms with Crippen molar-refractivity contribution in [3.63, 3.8) is 0 Å². The van der Waals surface area contributed by atoms with Crippen molar-refractivity contribution in [2.75, 3.05) is 20.5 Å². The predicted octanol–water partition coefficient (Wildman–Crippen LogP) is 1.91. The van der Waals surface area contributed by atoms with E-state index >= 15 is 0 Å². The first kappa shape index (κ1) is 13.6. The molecule has 17 heavy (non-hydrogen) atoms. The van der Waals surface area contributed by atoms with Crippen LogP contribution in [0.25, 0.3) is 0 Å². The molecule has 0 bridgehead atoms. The molecule has 5 heteroatoms. The van der Waals surface area contributed by atoms with Crippen molar-refractivity contribution in [3.8, 4) is 0 Å². The third-order valence-electron chi connectivity index (χ3n) is 2.25. The minimum atomic E-state index is -0.402. The van der Waals surface area contributed by atoms with Crippen LogP contribution in [0.3, 0.4) is 0 Å². The SMILES string of the molecule is COC(=O)Cc1ccc(SC)c(C(=O)OC)c1. The van der Waals surface area contributed by atoms with Crippen LogP contribution in [0.1, 0.15) is 15.9 Å². The smallest absolute Gasteiger partial charge is 0.339 e. The Labute approximate surface area is 104 Å². The summed E-state index contributed by atoms with van der Waals surface area (Å²) in [5.41, 5.74) is 1.21. The number of hydrogen-bond acceptors (Lipinski definition) is 5. The summed E-state index contributed by atoms with van der Waals surface area (Å²) in [7, 11) is 2.67. The molecule has 0 heterocycles. The summed E-state index contributed by atoms with van der Waals surface area (Å²) >= 11 is 1.46. The van der Waals surface area contributed by atoms with E-state index in [1.807, 2.05) is 6.26 Å². The normalized spacial score (nSPS) is 9.82. The Morgan fingerprint density at radius 1 is 1.24 bits per heavy atom. The lowest BCUT2D eigenvalue weighted by Crippen LogP contribution is -2.08. The highest BCUT2D eigenvalue weighted by molar-refractivity contribution is 7.98. The molecule has 1 aromatic rings. The highest BCUT2D eigenvalue weighted by Crippen LogP contribution is 2.22. The average molecular weight is 254 g/mol. The Morgan fingerprint density at radius 3 is 2.47 bits per heavy atom. The number of methoxy groups -OCH3 is 2. The lowest BCUT2D eigenvalue weighted by atomic mass is 10.1. The van der Waals surface area contributed by atoms with Gasteiger partial charge in [-0.05, 0) is 24.0 Å². The molecule has 0 radical (unpaired) electrons. The lowest BCUT2D eigenvalue weighted by molar-refractivity contribution is -0.139. The molecule has 1 aromatic carbocycles. The fraction of sp³-hybridized carbons (Fsp3) is 0.333. The van der Waals surface area contributed by atoms with E-state index < -0.39 is 5.97 Å². The van der Waals surface area contributed by atoms with Crippen molar-refractivity contribution in [3.05, 3.63) is 29.3 Å². The fourth-order valence-electron chi connectivity index (χ4n) is 1.37. The Bertz CT molecular complexity index is 429. The van der Waals surface area contributed by atoms with Gasteiger partial charge in [0.05, 0.1) is 26.2 Å². The van der Waals surface area contributed by atoms with Crippen LogP contribution in [-0.2, 0) is 20.7 Å². The van der Waals surface area contributed by atoms with Gasteiger partial charge in [-0.25, -0.2) is 4.79 Å². The van der Waals surface area contributed by atoms with Crippen LogP contribution in [0.4, 0.5) is 0 Å². The number of benzene rings is 1. The molecular weight excluding hydrogens is 240 g/mol. The van der Waals surface area contributed by atoms with Crippen molar-refractivity contribution in [2.24, 2.45) is 0 Å². The van der Waals surface area contributed by atoms with Crippen LogP contribution < -0.4 is 0 Å². The summed E-state index contributed by atoms with van der Waals surface area (Å²) in [5.74, 6) is -0.737. The molecule has 0 atom stereocenters. The Hall–Kier alpha value is -1.49. The molecule has 0 aromatic heterocycles. The summed E-state index contributed by atoms with van der Waals surface area (Å²) in [6.07, 6.45) is 2.02. The van der Waals surface area contributed by atoms with Crippen LogP contribution in [0.2, 0.25) is 0 Å². The first-order chi connectivity index (χ1) is 8.12. The van der Waals surface area contributed by atoms with Crippen molar-refractivity contribution < 1.29 is 19.1 Å². The Kier molecular flexibility index (Phi) is 5.03. The van der Waals surface area contributed by atoms with Gasteiger partial charge in [-0.15, -0.1) is 11.8 Å².